The number of aromatic nitrogens is 4. The minimum absolute atomic E-state index is 0.295. The lowest BCUT2D eigenvalue weighted by atomic mass is 10.2. The van der Waals surface area contributed by atoms with Gasteiger partial charge in [0.1, 0.15) is 5.75 Å². The molecular weight excluding hydrogens is 378 g/mol. The number of carbonyl (C=O) groups excluding carboxylic acids is 1. The summed E-state index contributed by atoms with van der Waals surface area (Å²) >= 11 is 6.50. The van der Waals surface area contributed by atoms with Gasteiger partial charge in [0.05, 0.1) is 35.8 Å². The maximum absolute atomic E-state index is 12.6. The predicted octanol–water partition coefficient (Wildman–Crippen LogP) is 3.73. The van der Waals surface area contributed by atoms with Gasteiger partial charge in [0.25, 0.3) is 5.91 Å². The Morgan fingerprint density at radius 3 is 2.68 bits per heavy atom. The third-order valence-electron chi connectivity index (χ3n) is 4.56. The second-order valence-corrected chi connectivity index (χ2v) is 6.70. The zero-order valence-corrected chi connectivity index (χ0v) is 16.1. The van der Waals surface area contributed by atoms with E-state index in [1.54, 1.807) is 42.3 Å². The lowest BCUT2D eigenvalue weighted by molar-refractivity contribution is 0.102. The highest BCUT2D eigenvalue weighted by atomic mass is 35.5. The monoisotopic (exact) mass is 395 g/mol. The third kappa shape index (κ3) is 3.32. The number of fused-ring (bicyclic) bond motifs is 1. The molecule has 3 aromatic heterocycles. The Labute approximate surface area is 166 Å². The summed E-state index contributed by atoms with van der Waals surface area (Å²) in [7, 11) is 3.56. The molecule has 0 radical (unpaired) electrons. The molecule has 0 saturated carbocycles. The van der Waals surface area contributed by atoms with Crippen molar-refractivity contribution in [3.05, 3.63) is 71.3 Å². The Hall–Kier alpha value is -3.32. The number of carbonyl (C=O) groups is 1. The second-order valence-electron chi connectivity index (χ2n) is 6.32. The topological polar surface area (TPSA) is 74.0 Å². The Morgan fingerprint density at radius 1 is 1.21 bits per heavy atom. The number of aryl methyl sites for hydroxylation is 1. The van der Waals surface area contributed by atoms with E-state index >= 15 is 0 Å². The number of rotatable bonds is 5. The van der Waals surface area contributed by atoms with Crippen LogP contribution in [-0.4, -0.2) is 32.3 Å². The van der Waals surface area contributed by atoms with Gasteiger partial charge in [0.2, 0.25) is 0 Å². The molecule has 3 heterocycles. The number of anilines is 1. The number of pyridine rings is 1. The van der Waals surface area contributed by atoms with E-state index in [-0.39, 0.29) is 5.91 Å². The number of benzene rings is 1. The number of ether oxygens (including phenoxy) is 1. The first-order valence-corrected chi connectivity index (χ1v) is 9.00. The minimum atomic E-state index is -0.334. The molecule has 4 rings (SSSR count). The molecule has 0 unspecified atom stereocenters. The number of methoxy groups -OCH3 is 1. The van der Waals surface area contributed by atoms with Crippen molar-refractivity contribution in [1.29, 1.82) is 0 Å². The molecule has 28 heavy (non-hydrogen) atoms. The van der Waals surface area contributed by atoms with Crippen molar-refractivity contribution in [3.63, 3.8) is 0 Å². The molecule has 1 amide bonds. The molecule has 7 nitrogen and oxygen atoms in total. The number of nitrogens with one attached hydrogen (secondary N) is 1. The summed E-state index contributed by atoms with van der Waals surface area (Å²) in [6, 6.07) is 11.1. The molecule has 142 valence electrons. The maximum Gasteiger partial charge on any atom is 0.258 e. The van der Waals surface area contributed by atoms with Crippen LogP contribution in [0.3, 0.4) is 0 Å². The highest BCUT2D eigenvalue weighted by Gasteiger charge is 2.17. The molecule has 0 spiro atoms. The van der Waals surface area contributed by atoms with E-state index in [1.807, 2.05) is 29.9 Å². The quantitative estimate of drug-likeness (QED) is 0.558. The lowest BCUT2D eigenvalue weighted by Crippen LogP contribution is -2.13. The zero-order valence-electron chi connectivity index (χ0n) is 15.4. The van der Waals surface area contributed by atoms with Crippen LogP contribution in [0.4, 0.5) is 5.69 Å². The van der Waals surface area contributed by atoms with E-state index in [4.69, 9.17) is 16.3 Å². The first-order chi connectivity index (χ1) is 13.6. The highest BCUT2D eigenvalue weighted by Crippen LogP contribution is 2.27. The SMILES string of the molecule is COc1ccc(NC(=O)c2cnc3c(cnn3Cc3cccn3C)c2Cl)cc1. The summed E-state index contributed by atoms with van der Waals surface area (Å²) < 4.78 is 8.90. The maximum atomic E-state index is 12.6. The standard InChI is InChI=1S/C20H18ClN5O2/c1-25-9-3-4-14(25)12-26-19-16(11-23-26)18(21)17(10-22-19)20(27)24-13-5-7-15(28-2)8-6-13/h3-11H,12H2,1-2H3,(H,24,27). The highest BCUT2D eigenvalue weighted by molar-refractivity contribution is 6.38. The number of halogens is 1. The van der Waals surface area contributed by atoms with Crippen molar-refractivity contribution < 1.29 is 9.53 Å². The predicted molar refractivity (Wildman–Crippen MR) is 108 cm³/mol. The van der Waals surface area contributed by atoms with Crippen molar-refractivity contribution in [2.75, 3.05) is 12.4 Å². The van der Waals surface area contributed by atoms with Crippen LogP contribution in [0, 0.1) is 0 Å². The number of hydrogen-bond acceptors (Lipinski definition) is 4. The molecule has 8 heteroatoms. The van der Waals surface area contributed by atoms with Gasteiger partial charge in [-0.25, -0.2) is 9.67 Å². The molecule has 1 aromatic carbocycles. The fourth-order valence-electron chi connectivity index (χ4n) is 2.96. The summed E-state index contributed by atoms with van der Waals surface area (Å²) in [5, 5.41) is 8.17. The first-order valence-electron chi connectivity index (χ1n) is 8.62. The molecule has 0 fully saturated rings. The Bertz CT molecular complexity index is 1150. The van der Waals surface area contributed by atoms with Gasteiger partial charge in [-0.2, -0.15) is 5.10 Å². The van der Waals surface area contributed by atoms with Crippen LogP contribution in [0.25, 0.3) is 11.0 Å². The lowest BCUT2D eigenvalue weighted by Gasteiger charge is -2.09. The fourth-order valence-corrected chi connectivity index (χ4v) is 3.23. The summed E-state index contributed by atoms with van der Waals surface area (Å²) in [6.45, 7) is 0.563. The van der Waals surface area contributed by atoms with Gasteiger partial charge in [-0.05, 0) is 36.4 Å². The smallest absolute Gasteiger partial charge is 0.258 e. The second kappa shape index (κ2) is 7.36. The third-order valence-corrected chi connectivity index (χ3v) is 4.96. The van der Waals surface area contributed by atoms with Gasteiger partial charge >= 0.3 is 0 Å². The molecule has 0 bridgehead atoms. The number of amides is 1. The van der Waals surface area contributed by atoms with E-state index in [2.05, 4.69) is 15.4 Å². The largest absolute Gasteiger partial charge is 0.497 e. The summed E-state index contributed by atoms with van der Waals surface area (Å²) in [6.07, 6.45) is 5.09. The normalized spacial score (nSPS) is 11.0. The average molecular weight is 396 g/mol. The molecule has 0 saturated heterocycles. The first kappa shape index (κ1) is 18.1. The van der Waals surface area contributed by atoms with Gasteiger partial charge < -0.3 is 14.6 Å². The van der Waals surface area contributed by atoms with Crippen LogP contribution in [-0.2, 0) is 13.6 Å². The van der Waals surface area contributed by atoms with Crippen LogP contribution in [0.5, 0.6) is 5.75 Å². The van der Waals surface area contributed by atoms with E-state index in [0.717, 1.165) is 5.69 Å². The summed E-state index contributed by atoms with van der Waals surface area (Å²) in [5.74, 6) is 0.379. The van der Waals surface area contributed by atoms with Crippen LogP contribution in [0.15, 0.2) is 55.0 Å². The van der Waals surface area contributed by atoms with Crippen molar-refractivity contribution >= 4 is 34.2 Å². The molecule has 0 atom stereocenters. The fraction of sp³-hybridized carbons (Fsp3) is 0.150. The average Bonchev–Trinajstić information content (AvgIpc) is 3.30. The number of hydrogen-bond donors (Lipinski definition) is 1. The van der Waals surface area contributed by atoms with Crippen molar-refractivity contribution in [2.24, 2.45) is 7.05 Å². The van der Waals surface area contributed by atoms with E-state index in [1.165, 1.54) is 6.20 Å². The van der Waals surface area contributed by atoms with Gasteiger partial charge in [-0.15, -0.1) is 0 Å². The summed E-state index contributed by atoms with van der Waals surface area (Å²) in [4.78, 5) is 17.1. The van der Waals surface area contributed by atoms with Gasteiger partial charge in [0, 0.05) is 30.8 Å². The Balaban J connectivity index is 1.60. The zero-order chi connectivity index (χ0) is 19.7. The molecule has 0 aliphatic carbocycles. The van der Waals surface area contributed by atoms with Crippen LogP contribution in [0.2, 0.25) is 5.02 Å². The van der Waals surface area contributed by atoms with Crippen molar-refractivity contribution in [1.82, 2.24) is 19.3 Å². The molecule has 1 N–H and O–H groups in total. The van der Waals surface area contributed by atoms with Crippen LogP contribution >= 0.6 is 11.6 Å². The molecule has 4 aromatic rings. The molecular formula is C20H18ClN5O2. The van der Waals surface area contributed by atoms with Crippen molar-refractivity contribution in [3.8, 4) is 5.75 Å². The van der Waals surface area contributed by atoms with E-state index < -0.39 is 0 Å². The van der Waals surface area contributed by atoms with Crippen LogP contribution in [0.1, 0.15) is 16.1 Å². The number of nitrogens with zero attached hydrogens (tertiary/aromatic N) is 4. The van der Waals surface area contributed by atoms with E-state index in [9.17, 15) is 4.79 Å². The summed E-state index contributed by atoms with van der Waals surface area (Å²) in [5.41, 5.74) is 2.65. The Morgan fingerprint density at radius 2 is 2.00 bits per heavy atom. The van der Waals surface area contributed by atoms with Crippen molar-refractivity contribution in [2.45, 2.75) is 6.54 Å². The van der Waals surface area contributed by atoms with Crippen LogP contribution < -0.4 is 10.1 Å². The van der Waals surface area contributed by atoms with E-state index in [0.29, 0.717) is 39.6 Å². The van der Waals surface area contributed by atoms with Gasteiger partial charge in [-0.1, -0.05) is 11.6 Å². The minimum Gasteiger partial charge on any atom is -0.497 e. The van der Waals surface area contributed by atoms with Gasteiger partial charge in [-0.3, -0.25) is 4.79 Å². The Kier molecular flexibility index (Phi) is 4.75. The van der Waals surface area contributed by atoms with Gasteiger partial charge in [0.15, 0.2) is 5.65 Å². The molecule has 0 aliphatic rings. The molecule has 0 aliphatic heterocycles.